The number of hydrogen-bond donors (Lipinski definition) is 1. The largest absolute Gasteiger partial charge is 0.399 e. The maximum Gasteiger partial charge on any atom is 0.253 e. The van der Waals surface area contributed by atoms with Gasteiger partial charge in [-0.1, -0.05) is 0 Å². The number of halogens is 1. The van der Waals surface area contributed by atoms with Crippen molar-refractivity contribution >= 4 is 24.0 Å². The van der Waals surface area contributed by atoms with E-state index in [-0.39, 0.29) is 18.3 Å². The zero-order valence-corrected chi connectivity index (χ0v) is 14.2. The van der Waals surface area contributed by atoms with E-state index in [1.54, 1.807) is 12.1 Å². The van der Waals surface area contributed by atoms with Crippen molar-refractivity contribution in [1.29, 1.82) is 0 Å². The van der Waals surface area contributed by atoms with Crippen LogP contribution in [-0.2, 0) is 0 Å². The number of carbonyl (C=O) groups excluding carboxylic acids is 1. The number of likely N-dealkylation sites (tertiary alicyclic amines) is 2. The van der Waals surface area contributed by atoms with Crippen LogP contribution in [0.1, 0.15) is 30.6 Å². The van der Waals surface area contributed by atoms with Gasteiger partial charge in [0.2, 0.25) is 0 Å². The van der Waals surface area contributed by atoms with Gasteiger partial charge in [0.05, 0.1) is 0 Å². The topological polar surface area (TPSA) is 49.6 Å². The van der Waals surface area contributed by atoms with E-state index >= 15 is 0 Å². The number of piperidine rings is 2. The first-order valence-corrected chi connectivity index (χ1v) is 7.92. The van der Waals surface area contributed by atoms with Crippen LogP contribution in [0.2, 0.25) is 0 Å². The summed E-state index contributed by atoms with van der Waals surface area (Å²) < 4.78 is 0. The summed E-state index contributed by atoms with van der Waals surface area (Å²) >= 11 is 0. The van der Waals surface area contributed by atoms with Gasteiger partial charge in [-0.15, -0.1) is 12.4 Å². The zero-order valence-electron chi connectivity index (χ0n) is 13.4. The summed E-state index contributed by atoms with van der Waals surface area (Å²) in [5.74, 6) is 1.40. The first-order valence-electron chi connectivity index (χ1n) is 7.92. The molecule has 5 heteroatoms. The van der Waals surface area contributed by atoms with Crippen molar-refractivity contribution in [3.8, 4) is 0 Å². The summed E-state index contributed by atoms with van der Waals surface area (Å²) in [6.07, 6.45) is 1.27. The maximum atomic E-state index is 12.6. The van der Waals surface area contributed by atoms with E-state index in [2.05, 4.69) is 18.7 Å². The molecule has 2 N–H and O–H groups in total. The van der Waals surface area contributed by atoms with Crippen molar-refractivity contribution in [3.05, 3.63) is 29.8 Å². The number of nitrogens with zero attached hydrogens (tertiary/aromatic N) is 2. The lowest BCUT2D eigenvalue weighted by Crippen LogP contribution is -2.55. The van der Waals surface area contributed by atoms with Gasteiger partial charge in [-0.05, 0) is 56.4 Å². The number of nitrogen functional groups attached to an aromatic ring is 1. The van der Waals surface area contributed by atoms with Crippen molar-refractivity contribution in [3.63, 3.8) is 0 Å². The number of carbonyl (C=O) groups is 1. The number of rotatable bonds is 2. The van der Waals surface area contributed by atoms with Crippen molar-refractivity contribution in [2.24, 2.45) is 11.8 Å². The Bertz CT molecular complexity index is 503. The Kier molecular flexibility index (Phi) is 5.35. The molecular formula is C17H26ClN3O. The first-order chi connectivity index (χ1) is 10.0. The quantitative estimate of drug-likeness (QED) is 0.851. The monoisotopic (exact) mass is 323 g/mol. The molecule has 2 fully saturated rings. The van der Waals surface area contributed by atoms with E-state index in [0.29, 0.717) is 23.6 Å². The molecule has 0 radical (unpaired) electrons. The van der Waals surface area contributed by atoms with Gasteiger partial charge in [-0.2, -0.15) is 0 Å². The molecule has 1 aromatic carbocycles. The van der Waals surface area contributed by atoms with Crippen LogP contribution in [0, 0.1) is 11.8 Å². The molecule has 2 aliphatic heterocycles. The van der Waals surface area contributed by atoms with Crippen molar-refractivity contribution in [2.45, 2.75) is 26.3 Å². The number of benzene rings is 1. The first kappa shape index (κ1) is 17.1. The molecule has 1 aromatic rings. The second-order valence-corrected chi connectivity index (χ2v) is 6.85. The van der Waals surface area contributed by atoms with Crippen LogP contribution in [0.25, 0.3) is 0 Å². The van der Waals surface area contributed by atoms with Crippen LogP contribution in [0.4, 0.5) is 5.69 Å². The van der Waals surface area contributed by atoms with Gasteiger partial charge in [0.15, 0.2) is 0 Å². The lowest BCUT2D eigenvalue weighted by molar-refractivity contribution is 0.0168. The number of anilines is 1. The molecule has 1 amide bonds. The van der Waals surface area contributed by atoms with Crippen LogP contribution in [0.3, 0.4) is 0 Å². The van der Waals surface area contributed by atoms with Gasteiger partial charge >= 0.3 is 0 Å². The lowest BCUT2D eigenvalue weighted by Gasteiger charge is -2.47. The van der Waals surface area contributed by atoms with E-state index in [1.165, 1.54) is 6.42 Å². The predicted molar refractivity (Wildman–Crippen MR) is 92.3 cm³/mol. The minimum atomic E-state index is 0. The van der Waals surface area contributed by atoms with Gasteiger partial charge in [0.1, 0.15) is 0 Å². The third kappa shape index (κ3) is 3.55. The molecule has 2 bridgehead atoms. The van der Waals surface area contributed by atoms with Crippen molar-refractivity contribution in [2.75, 3.05) is 31.9 Å². The highest BCUT2D eigenvalue weighted by Crippen LogP contribution is 2.30. The number of hydrogen-bond acceptors (Lipinski definition) is 3. The van der Waals surface area contributed by atoms with Gasteiger partial charge < -0.3 is 15.5 Å². The molecule has 0 saturated carbocycles. The van der Waals surface area contributed by atoms with Crippen LogP contribution in [0.5, 0.6) is 0 Å². The molecule has 4 nitrogen and oxygen atoms in total. The molecule has 0 spiro atoms. The smallest absolute Gasteiger partial charge is 0.253 e. The van der Waals surface area contributed by atoms with Crippen LogP contribution >= 0.6 is 12.4 Å². The minimum absolute atomic E-state index is 0. The Balaban J connectivity index is 0.00000176. The molecule has 2 aliphatic rings. The minimum Gasteiger partial charge on any atom is -0.399 e. The average Bonchev–Trinajstić information content (AvgIpc) is 2.46. The fourth-order valence-corrected chi connectivity index (χ4v) is 3.72. The highest BCUT2D eigenvalue weighted by molar-refractivity contribution is 5.94. The summed E-state index contributed by atoms with van der Waals surface area (Å²) in [6.45, 7) is 8.56. The molecule has 2 unspecified atom stereocenters. The standard InChI is InChI=1S/C17H25N3O.ClH/c1-12(2)19-8-13-7-14(9-19)11-20(10-13)17(21)15-3-5-16(18)6-4-15;/h3-6,12-14H,7-11,18H2,1-2H3;1H. The average molecular weight is 324 g/mol. The normalized spacial score (nSPS) is 25.0. The van der Waals surface area contributed by atoms with E-state index < -0.39 is 0 Å². The molecule has 22 heavy (non-hydrogen) atoms. The Hall–Kier alpha value is -1.26. The van der Waals surface area contributed by atoms with Crippen molar-refractivity contribution in [1.82, 2.24) is 9.80 Å². The summed E-state index contributed by atoms with van der Waals surface area (Å²) in [6, 6.07) is 7.89. The molecule has 2 atom stereocenters. The van der Waals surface area contributed by atoms with Gasteiger partial charge in [-0.25, -0.2) is 0 Å². The maximum absolute atomic E-state index is 12.6. The fraction of sp³-hybridized carbons (Fsp3) is 0.588. The highest BCUT2D eigenvalue weighted by Gasteiger charge is 2.36. The fourth-order valence-electron chi connectivity index (χ4n) is 3.72. The van der Waals surface area contributed by atoms with Gasteiger partial charge in [-0.3, -0.25) is 4.79 Å². The van der Waals surface area contributed by atoms with Crippen LogP contribution in [0.15, 0.2) is 24.3 Å². The molecule has 0 aliphatic carbocycles. The predicted octanol–water partition coefficient (Wildman–Crippen LogP) is 2.49. The van der Waals surface area contributed by atoms with Crippen LogP contribution in [-0.4, -0.2) is 47.9 Å². The Morgan fingerprint density at radius 1 is 1.09 bits per heavy atom. The molecule has 2 heterocycles. The molecule has 3 rings (SSSR count). The van der Waals surface area contributed by atoms with E-state index in [4.69, 9.17) is 5.73 Å². The molecule has 2 saturated heterocycles. The second kappa shape index (κ2) is 6.88. The summed E-state index contributed by atoms with van der Waals surface area (Å²) in [4.78, 5) is 17.2. The van der Waals surface area contributed by atoms with E-state index in [0.717, 1.165) is 31.7 Å². The number of nitrogens with two attached hydrogens (primary N) is 1. The molecular weight excluding hydrogens is 298 g/mol. The van der Waals surface area contributed by atoms with E-state index in [1.807, 2.05) is 17.0 Å². The molecule has 0 aromatic heterocycles. The summed E-state index contributed by atoms with van der Waals surface area (Å²) in [5.41, 5.74) is 7.15. The third-order valence-electron chi connectivity index (χ3n) is 4.78. The second-order valence-electron chi connectivity index (χ2n) is 6.85. The van der Waals surface area contributed by atoms with Crippen LogP contribution < -0.4 is 5.73 Å². The highest BCUT2D eigenvalue weighted by atomic mass is 35.5. The Morgan fingerprint density at radius 2 is 1.64 bits per heavy atom. The Morgan fingerprint density at radius 3 is 2.14 bits per heavy atom. The lowest BCUT2D eigenvalue weighted by atomic mass is 9.84. The van der Waals surface area contributed by atoms with Gasteiger partial charge in [0.25, 0.3) is 5.91 Å². The summed E-state index contributed by atoms with van der Waals surface area (Å²) in [5, 5.41) is 0. The third-order valence-corrected chi connectivity index (χ3v) is 4.78. The molecule has 122 valence electrons. The number of amides is 1. The summed E-state index contributed by atoms with van der Waals surface area (Å²) in [7, 11) is 0. The SMILES string of the molecule is CC(C)N1CC2CC(CN(C(=O)c3ccc(N)cc3)C2)C1.Cl. The van der Waals surface area contributed by atoms with Gasteiger partial charge in [0, 0.05) is 43.5 Å². The van der Waals surface area contributed by atoms with Crippen molar-refractivity contribution < 1.29 is 4.79 Å². The zero-order chi connectivity index (χ0) is 15.0. The number of fused-ring (bicyclic) bond motifs is 2. The van der Waals surface area contributed by atoms with E-state index in [9.17, 15) is 4.79 Å². The Labute approximate surface area is 139 Å².